The summed E-state index contributed by atoms with van der Waals surface area (Å²) >= 11 is 0. The first-order valence-corrected chi connectivity index (χ1v) is 9.15. The summed E-state index contributed by atoms with van der Waals surface area (Å²) in [5, 5.41) is 16.9. The zero-order valence-corrected chi connectivity index (χ0v) is 18.1. The maximum atomic E-state index is 10.3. The molecule has 0 saturated carbocycles. The number of aliphatic hydroxyl groups is 1. The fourth-order valence-electron chi connectivity index (χ4n) is 2.42. The van der Waals surface area contributed by atoms with E-state index in [2.05, 4.69) is 15.6 Å². The molecule has 1 aromatic heterocycles. The van der Waals surface area contributed by atoms with Crippen LogP contribution in [0.1, 0.15) is 30.8 Å². The van der Waals surface area contributed by atoms with Crippen LogP contribution in [0.25, 0.3) is 0 Å². The van der Waals surface area contributed by atoms with Crippen molar-refractivity contribution in [3.05, 3.63) is 60.1 Å². The lowest BCUT2D eigenvalue weighted by Gasteiger charge is -2.14. The summed E-state index contributed by atoms with van der Waals surface area (Å²) in [4.78, 5) is 4.51. The first-order chi connectivity index (χ1) is 12.8. The van der Waals surface area contributed by atoms with Crippen LogP contribution >= 0.6 is 24.0 Å². The molecule has 3 N–H and O–H groups in total. The zero-order chi connectivity index (χ0) is 18.5. The van der Waals surface area contributed by atoms with E-state index >= 15 is 0 Å². The molecule has 6 nitrogen and oxygen atoms in total. The summed E-state index contributed by atoms with van der Waals surface area (Å²) in [7, 11) is 0. The van der Waals surface area contributed by atoms with Gasteiger partial charge in [0.15, 0.2) is 5.96 Å². The molecule has 0 amide bonds. The Labute approximate surface area is 178 Å². The predicted molar refractivity (Wildman–Crippen MR) is 119 cm³/mol. The molecule has 1 atom stereocenters. The lowest BCUT2D eigenvalue weighted by molar-refractivity contribution is 0.145. The topological polar surface area (TPSA) is 79.0 Å². The molecule has 0 aliphatic rings. The Morgan fingerprint density at radius 3 is 2.63 bits per heavy atom. The molecular formula is C20H30IN3O3. The second-order valence-electron chi connectivity index (χ2n) is 5.85. The molecule has 0 radical (unpaired) electrons. The number of hydrogen-bond acceptors (Lipinski definition) is 4. The number of nitrogens with zero attached hydrogens (tertiary/aromatic N) is 1. The molecule has 0 aliphatic carbocycles. The largest absolute Gasteiger partial charge is 0.469 e. The van der Waals surface area contributed by atoms with E-state index in [0.29, 0.717) is 19.0 Å². The van der Waals surface area contributed by atoms with Crippen LogP contribution in [-0.2, 0) is 11.2 Å². The number of guanidine groups is 1. The van der Waals surface area contributed by atoms with Gasteiger partial charge >= 0.3 is 0 Å². The van der Waals surface area contributed by atoms with Crippen LogP contribution in [0.4, 0.5) is 0 Å². The average Bonchev–Trinajstić information content (AvgIpc) is 3.19. The van der Waals surface area contributed by atoms with Crippen molar-refractivity contribution in [1.29, 1.82) is 0 Å². The van der Waals surface area contributed by atoms with Crippen LogP contribution in [0.3, 0.4) is 0 Å². The van der Waals surface area contributed by atoms with Crippen molar-refractivity contribution in [2.24, 2.45) is 4.99 Å². The van der Waals surface area contributed by atoms with Gasteiger partial charge in [0.1, 0.15) is 5.76 Å². The van der Waals surface area contributed by atoms with E-state index in [9.17, 15) is 5.11 Å². The van der Waals surface area contributed by atoms with Gasteiger partial charge in [-0.15, -0.1) is 24.0 Å². The van der Waals surface area contributed by atoms with E-state index in [1.54, 1.807) is 6.26 Å². The van der Waals surface area contributed by atoms with E-state index < -0.39 is 6.10 Å². The maximum absolute atomic E-state index is 10.3. The van der Waals surface area contributed by atoms with Gasteiger partial charge in [0.25, 0.3) is 0 Å². The molecule has 7 heteroatoms. The lowest BCUT2D eigenvalue weighted by Crippen LogP contribution is -2.39. The normalized spacial score (nSPS) is 12.3. The number of hydrogen-bond donors (Lipinski definition) is 3. The van der Waals surface area contributed by atoms with Crippen LogP contribution in [0.15, 0.2) is 58.1 Å². The summed E-state index contributed by atoms with van der Waals surface area (Å²) in [5.41, 5.74) is 0.863. The number of aliphatic imine (C=N–C) groups is 1. The van der Waals surface area contributed by atoms with Gasteiger partial charge in [-0.2, -0.15) is 0 Å². The zero-order valence-electron chi connectivity index (χ0n) is 15.8. The minimum atomic E-state index is -0.622. The molecule has 0 aliphatic heterocycles. The summed E-state index contributed by atoms with van der Waals surface area (Å²) in [6.45, 7) is 5.19. The molecule has 0 spiro atoms. The van der Waals surface area contributed by atoms with E-state index in [-0.39, 0.29) is 24.0 Å². The molecule has 0 saturated heterocycles. The fourth-order valence-corrected chi connectivity index (χ4v) is 2.42. The SMILES string of the molecule is CCOCCCNC(=NCC(O)c1ccccc1)NCCc1ccco1.I. The minimum Gasteiger partial charge on any atom is -0.469 e. The summed E-state index contributed by atoms with van der Waals surface area (Å²) in [6.07, 6.45) is 2.72. The van der Waals surface area contributed by atoms with Gasteiger partial charge < -0.3 is 24.9 Å². The molecule has 1 aromatic carbocycles. The Bertz CT molecular complexity index is 621. The first kappa shape index (κ1) is 23.5. The van der Waals surface area contributed by atoms with Gasteiger partial charge in [-0.25, -0.2) is 0 Å². The van der Waals surface area contributed by atoms with Crippen molar-refractivity contribution >= 4 is 29.9 Å². The fraction of sp³-hybridized carbons (Fsp3) is 0.450. The van der Waals surface area contributed by atoms with E-state index in [1.165, 1.54) is 0 Å². The number of halogens is 1. The standard InChI is InChI=1S/C20H29N3O3.HI/c1-2-25-14-7-12-21-20(22-13-11-18-10-6-15-26-18)23-16-19(24)17-8-4-3-5-9-17;/h3-6,8-10,15,19,24H,2,7,11-14,16H2,1H3,(H2,21,22,23);1H. The lowest BCUT2D eigenvalue weighted by atomic mass is 10.1. The summed E-state index contributed by atoms with van der Waals surface area (Å²) in [5.74, 6) is 1.61. The van der Waals surface area contributed by atoms with E-state index in [1.807, 2.05) is 49.4 Å². The monoisotopic (exact) mass is 487 g/mol. The van der Waals surface area contributed by atoms with E-state index in [0.717, 1.165) is 43.9 Å². The Balaban J connectivity index is 0.00000364. The first-order valence-electron chi connectivity index (χ1n) is 9.15. The highest BCUT2D eigenvalue weighted by Crippen LogP contribution is 2.11. The second kappa shape index (κ2) is 14.5. The van der Waals surface area contributed by atoms with Gasteiger partial charge in [0.05, 0.1) is 18.9 Å². The number of furan rings is 1. The van der Waals surface area contributed by atoms with Crippen molar-refractivity contribution in [3.63, 3.8) is 0 Å². The predicted octanol–water partition coefficient (Wildman–Crippen LogP) is 3.14. The Morgan fingerprint density at radius 1 is 1.15 bits per heavy atom. The highest BCUT2D eigenvalue weighted by molar-refractivity contribution is 14.0. The van der Waals surface area contributed by atoms with Crippen molar-refractivity contribution in [3.8, 4) is 0 Å². The Kier molecular flexibility index (Phi) is 12.6. The molecule has 1 unspecified atom stereocenters. The Hall–Kier alpha value is -1.58. The van der Waals surface area contributed by atoms with Crippen molar-refractivity contribution < 1.29 is 14.3 Å². The van der Waals surface area contributed by atoms with E-state index in [4.69, 9.17) is 9.15 Å². The smallest absolute Gasteiger partial charge is 0.191 e. The van der Waals surface area contributed by atoms with Gasteiger partial charge in [-0.05, 0) is 31.0 Å². The molecular weight excluding hydrogens is 457 g/mol. The molecule has 1 heterocycles. The molecule has 0 fully saturated rings. The quantitative estimate of drug-likeness (QED) is 0.197. The molecule has 27 heavy (non-hydrogen) atoms. The average molecular weight is 487 g/mol. The molecule has 0 bridgehead atoms. The third-order valence-corrected chi connectivity index (χ3v) is 3.81. The number of benzene rings is 1. The van der Waals surface area contributed by atoms with Gasteiger partial charge in [0.2, 0.25) is 0 Å². The van der Waals surface area contributed by atoms with Crippen molar-refractivity contribution in [2.45, 2.75) is 25.9 Å². The molecule has 150 valence electrons. The summed E-state index contributed by atoms with van der Waals surface area (Å²) in [6, 6.07) is 13.4. The third kappa shape index (κ3) is 9.78. The summed E-state index contributed by atoms with van der Waals surface area (Å²) < 4.78 is 10.7. The van der Waals surface area contributed by atoms with Crippen LogP contribution in [0.2, 0.25) is 0 Å². The van der Waals surface area contributed by atoms with Crippen molar-refractivity contribution in [1.82, 2.24) is 10.6 Å². The highest BCUT2D eigenvalue weighted by Gasteiger charge is 2.07. The number of rotatable bonds is 11. The Morgan fingerprint density at radius 2 is 1.93 bits per heavy atom. The van der Waals surface area contributed by atoms with Crippen LogP contribution in [0, 0.1) is 0 Å². The molecule has 2 rings (SSSR count). The van der Waals surface area contributed by atoms with Crippen molar-refractivity contribution in [2.75, 3.05) is 32.8 Å². The molecule has 2 aromatic rings. The van der Waals surface area contributed by atoms with Crippen LogP contribution in [-0.4, -0.2) is 43.9 Å². The highest BCUT2D eigenvalue weighted by atomic mass is 127. The van der Waals surface area contributed by atoms with Gasteiger partial charge in [-0.3, -0.25) is 4.99 Å². The van der Waals surface area contributed by atoms with Crippen LogP contribution < -0.4 is 10.6 Å². The number of ether oxygens (including phenoxy) is 1. The van der Waals surface area contributed by atoms with Crippen LogP contribution in [0.5, 0.6) is 0 Å². The number of aliphatic hydroxyl groups excluding tert-OH is 1. The minimum absolute atomic E-state index is 0. The maximum Gasteiger partial charge on any atom is 0.191 e. The second-order valence-corrected chi connectivity index (χ2v) is 5.85. The van der Waals surface area contributed by atoms with Gasteiger partial charge in [-0.1, -0.05) is 30.3 Å². The van der Waals surface area contributed by atoms with Gasteiger partial charge in [0, 0.05) is 32.7 Å². The number of nitrogens with one attached hydrogen (secondary N) is 2. The third-order valence-electron chi connectivity index (χ3n) is 3.81.